The van der Waals surface area contributed by atoms with Crippen molar-refractivity contribution >= 4 is 11.9 Å². The van der Waals surface area contributed by atoms with Crippen molar-refractivity contribution in [2.75, 3.05) is 6.61 Å². The Morgan fingerprint density at radius 3 is 2.50 bits per heavy atom. The van der Waals surface area contributed by atoms with E-state index in [1.807, 2.05) is 20.8 Å². The first-order valence-electron chi connectivity index (χ1n) is 6.37. The van der Waals surface area contributed by atoms with Crippen LogP contribution in [0.5, 0.6) is 0 Å². The van der Waals surface area contributed by atoms with Crippen LogP contribution in [-0.2, 0) is 19.1 Å². The van der Waals surface area contributed by atoms with Gasteiger partial charge in [-0.25, -0.2) is 0 Å². The summed E-state index contributed by atoms with van der Waals surface area (Å²) in [4.78, 5) is 23.6. The number of ether oxygens (including phenoxy) is 2. The van der Waals surface area contributed by atoms with E-state index in [2.05, 4.69) is 0 Å². The van der Waals surface area contributed by atoms with Crippen molar-refractivity contribution in [2.24, 2.45) is 11.7 Å². The zero-order valence-electron chi connectivity index (χ0n) is 11.6. The average molecular weight is 257 g/mol. The fourth-order valence-corrected chi connectivity index (χ4v) is 2.12. The van der Waals surface area contributed by atoms with Crippen LogP contribution in [0.4, 0.5) is 0 Å². The minimum absolute atomic E-state index is 0.279. The highest BCUT2D eigenvalue weighted by atomic mass is 16.6. The van der Waals surface area contributed by atoms with Crippen molar-refractivity contribution < 1.29 is 19.1 Å². The molecule has 1 aliphatic rings. The van der Waals surface area contributed by atoms with Crippen molar-refractivity contribution in [1.29, 1.82) is 0 Å². The Balaban J connectivity index is 2.60. The normalized spacial score (nSPS) is 27.9. The second-order valence-electron chi connectivity index (χ2n) is 5.85. The smallest absolute Gasteiger partial charge is 0.326 e. The predicted molar refractivity (Wildman–Crippen MR) is 66.7 cm³/mol. The van der Waals surface area contributed by atoms with Gasteiger partial charge in [0.1, 0.15) is 11.1 Å². The maximum atomic E-state index is 11.9. The molecule has 5 heteroatoms. The number of hydrogen-bond donors (Lipinski definition) is 1. The number of nitrogens with two attached hydrogens (primary N) is 1. The van der Waals surface area contributed by atoms with Crippen molar-refractivity contribution in [1.82, 2.24) is 0 Å². The molecule has 0 saturated heterocycles. The van der Waals surface area contributed by atoms with Crippen molar-refractivity contribution in [3.05, 3.63) is 0 Å². The van der Waals surface area contributed by atoms with Crippen molar-refractivity contribution in [3.8, 4) is 0 Å². The third-order valence-corrected chi connectivity index (χ3v) is 2.97. The van der Waals surface area contributed by atoms with E-state index in [-0.39, 0.29) is 11.9 Å². The van der Waals surface area contributed by atoms with E-state index >= 15 is 0 Å². The maximum Gasteiger partial charge on any atom is 0.326 e. The summed E-state index contributed by atoms with van der Waals surface area (Å²) < 4.78 is 10.2. The predicted octanol–water partition coefficient (Wildman–Crippen LogP) is 1.39. The summed E-state index contributed by atoms with van der Waals surface area (Å²) in [6, 6.07) is 0. The topological polar surface area (TPSA) is 78.6 Å². The largest absolute Gasteiger partial charge is 0.465 e. The maximum absolute atomic E-state index is 11.9. The van der Waals surface area contributed by atoms with Crippen LogP contribution in [-0.4, -0.2) is 29.7 Å². The van der Waals surface area contributed by atoms with Crippen molar-refractivity contribution in [3.63, 3.8) is 0 Å². The van der Waals surface area contributed by atoms with Gasteiger partial charge in [-0.1, -0.05) is 0 Å². The lowest BCUT2D eigenvalue weighted by atomic mass is 9.97. The Morgan fingerprint density at radius 2 is 2.00 bits per heavy atom. The molecule has 2 atom stereocenters. The molecule has 0 aromatic carbocycles. The number of carbonyl (C=O) groups is 2. The first-order chi connectivity index (χ1) is 8.18. The molecule has 1 aliphatic carbocycles. The lowest BCUT2D eigenvalue weighted by molar-refractivity contribution is -0.160. The molecule has 1 rings (SSSR count). The first kappa shape index (κ1) is 15.0. The van der Waals surface area contributed by atoms with Gasteiger partial charge in [-0.3, -0.25) is 9.59 Å². The summed E-state index contributed by atoms with van der Waals surface area (Å²) in [6.07, 6.45) is 1.35. The van der Waals surface area contributed by atoms with E-state index in [4.69, 9.17) is 15.2 Å². The van der Waals surface area contributed by atoms with Gasteiger partial charge in [0.2, 0.25) is 0 Å². The van der Waals surface area contributed by atoms with Gasteiger partial charge in [0.25, 0.3) is 0 Å². The van der Waals surface area contributed by atoms with E-state index in [1.54, 1.807) is 6.92 Å². The highest BCUT2D eigenvalue weighted by molar-refractivity contribution is 5.83. The Hall–Kier alpha value is -1.10. The van der Waals surface area contributed by atoms with E-state index in [0.29, 0.717) is 25.9 Å². The molecule has 1 fully saturated rings. The highest BCUT2D eigenvalue weighted by Crippen LogP contribution is 2.35. The molecule has 0 heterocycles. The van der Waals surface area contributed by atoms with E-state index in [0.717, 1.165) is 0 Å². The van der Waals surface area contributed by atoms with Gasteiger partial charge in [0.05, 0.1) is 12.5 Å². The minimum Gasteiger partial charge on any atom is -0.465 e. The SMILES string of the molecule is CCOC(=O)C1(N)CCC(C(=O)OC(C)(C)C)C1. The lowest BCUT2D eigenvalue weighted by Gasteiger charge is -2.23. The summed E-state index contributed by atoms with van der Waals surface area (Å²) in [7, 11) is 0. The van der Waals surface area contributed by atoms with Crippen molar-refractivity contribution in [2.45, 2.75) is 58.1 Å². The Bertz CT molecular complexity index is 334. The third-order valence-electron chi connectivity index (χ3n) is 2.97. The molecule has 0 aliphatic heterocycles. The summed E-state index contributed by atoms with van der Waals surface area (Å²) in [5.74, 6) is -1.01. The number of hydrogen-bond acceptors (Lipinski definition) is 5. The summed E-state index contributed by atoms with van der Waals surface area (Å²) in [5.41, 5.74) is 4.46. The van der Waals surface area contributed by atoms with E-state index in [9.17, 15) is 9.59 Å². The Morgan fingerprint density at radius 1 is 1.39 bits per heavy atom. The second kappa shape index (κ2) is 5.26. The molecule has 2 unspecified atom stereocenters. The van der Waals surface area contributed by atoms with Crippen LogP contribution in [0.15, 0.2) is 0 Å². The van der Waals surface area contributed by atoms with Crippen LogP contribution < -0.4 is 5.73 Å². The Kier molecular flexibility index (Phi) is 4.37. The molecule has 2 N–H and O–H groups in total. The van der Waals surface area contributed by atoms with Gasteiger partial charge in [-0.15, -0.1) is 0 Å². The molecule has 0 spiro atoms. The third kappa shape index (κ3) is 3.70. The molecule has 0 radical (unpaired) electrons. The standard InChI is InChI=1S/C13H23NO4/c1-5-17-11(16)13(14)7-6-9(8-13)10(15)18-12(2,3)4/h9H,5-8,14H2,1-4H3. The van der Waals surface area contributed by atoms with Crippen LogP contribution >= 0.6 is 0 Å². The lowest BCUT2D eigenvalue weighted by Crippen LogP contribution is -2.47. The zero-order chi connectivity index (χ0) is 14.0. The molecule has 1 saturated carbocycles. The van der Waals surface area contributed by atoms with Gasteiger partial charge < -0.3 is 15.2 Å². The quantitative estimate of drug-likeness (QED) is 0.773. The molecule has 5 nitrogen and oxygen atoms in total. The highest BCUT2D eigenvalue weighted by Gasteiger charge is 2.46. The van der Waals surface area contributed by atoms with Gasteiger partial charge in [0, 0.05) is 0 Å². The monoisotopic (exact) mass is 257 g/mol. The molecule has 18 heavy (non-hydrogen) atoms. The molecule has 0 aromatic heterocycles. The fourth-order valence-electron chi connectivity index (χ4n) is 2.12. The Labute approximate surface area is 108 Å². The fraction of sp³-hybridized carbons (Fsp3) is 0.846. The summed E-state index contributed by atoms with van der Waals surface area (Å²) in [5, 5.41) is 0. The van der Waals surface area contributed by atoms with E-state index < -0.39 is 17.1 Å². The van der Waals surface area contributed by atoms with Gasteiger partial charge in [-0.05, 0) is 47.0 Å². The number of carbonyl (C=O) groups excluding carboxylic acids is 2. The molecular formula is C13H23NO4. The first-order valence-corrected chi connectivity index (χ1v) is 6.37. The molecule has 0 amide bonds. The number of rotatable bonds is 3. The van der Waals surface area contributed by atoms with Gasteiger partial charge >= 0.3 is 11.9 Å². The summed E-state index contributed by atoms with van der Waals surface area (Å²) in [6.45, 7) is 7.50. The second-order valence-corrected chi connectivity index (χ2v) is 5.85. The summed E-state index contributed by atoms with van der Waals surface area (Å²) >= 11 is 0. The van der Waals surface area contributed by atoms with E-state index in [1.165, 1.54) is 0 Å². The molecule has 0 aromatic rings. The van der Waals surface area contributed by atoms with Crippen LogP contribution in [0, 0.1) is 5.92 Å². The average Bonchev–Trinajstić information content (AvgIpc) is 2.60. The van der Waals surface area contributed by atoms with Crippen LogP contribution in [0.2, 0.25) is 0 Å². The number of esters is 2. The molecule has 0 bridgehead atoms. The molecule has 104 valence electrons. The minimum atomic E-state index is -1.03. The van der Waals surface area contributed by atoms with Crippen LogP contribution in [0.1, 0.15) is 47.0 Å². The van der Waals surface area contributed by atoms with Gasteiger partial charge in [0.15, 0.2) is 0 Å². The zero-order valence-corrected chi connectivity index (χ0v) is 11.6. The van der Waals surface area contributed by atoms with Gasteiger partial charge in [-0.2, -0.15) is 0 Å². The molecular weight excluding hydrogens is 234 g/mol. The van der Waals surface area contributed by atoms with Crippen LogP contribution in [0.25, 0.3) is 0 Å². The van der Waals surface area contributed by atoms with Crippen LogP contribution in [0.3, 0.4) is 0 Å².